The number of hydrogen-bond acceptors (Lipinski definition) is 4. The molecule has 0 bridgehead atoms. The van der Waals surface area contributed by atoms with E-state index in [9.17, 15) is 9.59 Å². The number of nitrogens with one attached hydrogen (secondary N) is 1. The molecule has 5 heteroatoms. The molecule has 1 rings (SSSR count). The average molecular weight is 283 g/mol. The predicted octanol–water partition coefficient (Wildman–Crippen LogP) is 3.61. The molecule has 106 valence electrons. The second-order valence-electron chi connectivity index (χ2n) is 4.82. The Balaban J connectivity index is 2.63. The normalized spacial score (nSPS) is 10.6. The van der Waals surface area contributed by atoms with Crippen molar-refractivity contribution < 1.29 is 14.3 Å². The van der Waals surface area contributed by atoms with Crippen molar-refractivity contribution in [3.05, 3.63) is 16.5 Å². The van der Waals surface area contributed by atoms with E-state index >= 15 is 0 Å². The smallest absolute Gasteiger partial charge is 0.348 e. The lowest BCUT2D eigenvalue weighted by Gasteiger charge is -2.04. The monoisotopic (exact) mass is 283 g/mol. The van der Waals surface area contributed by atoms with Gasteiger partial charge in [0.2, 0.25) is 5.91 Å². The summed E-state index contributed by atoms with van der Waals surface area (Å²) in [6.07, 6.45) is 1.37. The van der Waals surface area contributed by atoms with Crippen LogP contribution < -0.4 is 5.32 Å². The van der Waals surface area contributed by atoms with Crippen molar-refractivity contribution >= 4 is 28.2 Å². The third-order valence-corrected chi connectivity index (χ3v) is 3.72. The number of carbonyl (C=O) groups excluding carboxylic acids is 2. The molecule has 0 aliphatic rings. The lowest BCUT2D eigenvalue weighted by Crippen LogP contribution is -2.11. The molecule has 0 aromatic carbocycles. The Morgan fingerprint density at radius 3 is 2.68 bits per heavy atom. The van der Waals surface area contributed by atoms with Crippen molar-refractivity contribution in [1.29, 1.82) is 0 Å². The quantitative estimate of drug-likeness (QED) is 0.811. The van der Waals surface area contributed by atoms with Crippen LogP contribution in [0.3, 0.4) is 0 Å². The summed E-state index contributed by atoms with van der Waals surface area (Å²) >= 11 is 1.26. The van der Waals surface area contributed by atoms with Crippen LogP contribution in [0.2, 0.25) is 0 Å². The molecule has 0 spiro atoms. The van der Waals surface area contributed by atoms with Crippen LogP contribution in [0, 0.1) is 12.8 Å². The van der Waals surface area contributed by atoms with E-state index in [1.54, 1.807) is 6.92 Å². The van der Waals surface area contributed by atoms with Crippen LogP contribution in [-0.2, 0) is 9.53 Å². The molecule has 0 aliphatic carbocycles. The van der Waals surface area contributed by atoms with Crippen molar-refractivity contribution in [2.24, 2.45) is 5.92 Å². The Labute approximate surface area is 118 Å². The minimum Gasteiger partial charge on any atom is -0.462 e. The van der Waals surface area contributed by atoms with Gasteiger partial charge in [-0.25, -0.2) is 4.79 Å². The third kappa shape index (κ3) is 5.03. The number of hydrogen-bond donors (Lipinski definition) is 1. The van der Waals surface area contributed by atoms with Gasteiger partial charge in [0.1, 0.15) is 4.88 Å². The summed E-state index contributed by atoms with van der Waals surface area (Å²) in [5.41, 5.74) is 0.836. The van der Waals surface area contributed by atoms with Gasteiger partial charge in [0.05, 0.1) is 11.6 Å². The number of aryl methyl sites for hydroxylation is 1. The van der Waals surface area contributed by atoms with E-state index in [1.165, 1.54) is 11.3 Å². The van der Waals surface area contributed by atoms with Crippen molar-refractivity contribution in [3.8, 4) is 0 Å². The van der Waals surface area contributed by atoms with Crippen molar-refractivity contribution in [3.63, 3.8) is 0 Å². The minimum absolute atomic E-state index is 0.00893. The highest BCUT2D eigenvalue weighted by atomic mass is 32.1. The van der Waals surface area contributed by atoms with Gasteiger partial charge in [-0.1, -0.05) is 13.8 Å². The number of ether oxygens (including phenoxy) is 1. The van der Waals surface area contributed by atoms with Gasteiger partial charge in [-0.05, 0) is 37.8 Å². The summed E-state index contributed by atoms with van der Waals surface area (Å²) in [4.78, 5) is 23.9. The van der Waals surface area contributed by atoms with E-state index < -0.39 is 0 Å². The molecule has 1 N–H and O–H groups in total. The molecule has 0 radical (unpaired) electrons. The first-order chi connectivity index (χ1) is 8.93. The molecule has 19 heavy (non-hydrogen) atoms. The molecule has 0 aliphatic heterocycles. The minimum atomic E-state index is -0.326. The standard InChI is InChI=1S/C14H21NO3S/c1-5-18-14(17)13-10(4)8-12(19-13)15-11(16)7-6-9(2)3/h8-9H,5-7H2,1-4H3,(H,15,16). The Hall–Kier alpha value is -1.36. The van der Waals surface area contributed by atoms with Gasteiger partial charge >= 0.3 is 5.97 Å². The summed E-state index contributed by atoms with van der Waals surface area (Å²) in [7, 11) is 0. The first kappa shape index (κ1) is 15.7. The fourth-order valence-electron chi connectivity index (χ4n) is 1.56. The van der Waals surface area contributed by atoms with E-state index in [4.69, 9.17) is 4.74 Å². The Kier molecular flexibility index (Phi) is 6.02. The van der Waals surface area contributed by atoms with Gasteiger partial charge in [0, 0.05) is 6.42 Å². The van der Waals surface area contributed by atoms with E-state index in [0.29, 0.717) is 28.8 Å². The van der Waals surface area contributed by atoms with Crippen molar-refractivity contribution in [1.82, 2.24) is 0 Å². The van der Waals surface area contributed by atoms with Crippen molar-refractivity contribution in [2.75, 3.05) is 11.9 Å². The van der Waals surface area contributed by atoms with E-state index in [2.05, 4.69) is 19.2 Å². The number of rotatable bonds is 6. The first-order valence-electron chi connectivity index (χ1n) is 6.51. The van der Waals surface area contributed by atoms with Crippen LogP contribution in [0.1, 0.15) is 48.8 Å². The molecule has 1 aromatic rings. The number of esters is 1. The highest BCUT2D eigenvalue weighted by Gasteiger charge is 2.15. The maximum atomic E-state index is 11.7. The highest BCUT2D eigenvalue weighted by Crippen LogP contribution is 2.27. The molecule has 4 nitrogen and oxygen atoms in total. The van der Waals surface area contributed by atoms with Gasteiger partial charge in [-0.2, -0.15) is 0 Å². The number of carbonyl (C=O) groups is 2. The van der Waals surface area contributed by atoms with E-state index in [1.807, 2.05) is 13.0 Å². The van der Waals surface area contributed by atoms with E-state index in [-0.39, 0.29) is 11.9 Å². The fourth-order valence-corrected chi connectivity index (χ4v) is 2.55. The molecule has 0 fully saturated rings. The van der Waals surface area contributed by atoms with Gasteiger partial charge in [0.25, 0.3) is 0 Å². The zero-order valence-electron chi connectivity index (χ0n) is 11.9. The zero-order chi connectivity index (χ0) is 14.4. The van der Waals surface area contributed by atoms with Gasteiger partial charge in [-0.3, -0.25) is 4.79 Å². The molecule has 1 aromatic heterocycles. The van der Waals surface area contributed by atoms with Crippen LogP contribution in [0.5, 0.6) is 0 Å². The van der Waals surface area contributed by atoms with Crippen LogP contribution in [0.4, 0.5) is 5.00 Å². The second-order valence-corrected chi connectivity index (χ2v) is 5.88. The molecule has 0 atom stereocenters. The third-order valence-electron chi connectivity index (χ3n) is 2.59. The lowest BCUT2D eigenvalue weighted by molar-refractivity contribution is -0.116. The summed E-state index contributed by atoms with van der Waals surface area (Å²) < 4.78 is 4.96. The summed E-state index contributed by atoms with van der Waals surface area (Å²) in [6, 6.07) is 1.81. The maximum absolute atomic E-state index is 11.7. The molecule has 1 heterocycles. The number of thiophene rings is 1. The van der Waals surface area contributed by atoms with Crippen molar-refractivity contribution in [2.45, 2.75) is 40.5 Å². The molecular formula is C14H21NO3S. The highest BCUT2D eigenvalue weighted by molar-refractivity contribution is 7.18. The zero-order valence-corrected chi connectivity index (χ0v) is 12.7. The van der Waals surface area contributed by atoms with Crippen LogP contribution >= 0.6 is 11.3 Å². The number of anilines is 1. The Morgan fingerprint density at radius 1 is 1.42 bits per heavy atom. The molecular weight excluding hydrogens is 262 g/mol. The summed E-state index contributed by atoms with van der Waals surface area (Å²) in [6.45, 7) is 8.14. The second kappa shape index (κ2) is 7.28. The molecule has 0 saturated heterocycles. The molecule has 1 amide bonds. The summed E-state index contributed by atoms with van der Waals surface area (Å²) in [5.74, 6) is 0.170. The average Bonchev–Trinajstić information content (AvgIpc) is 2.68. The lowest BCUT2D eigenvalue weighted by atomic mass is 10.1. The Bertz CT molecular complexity index is 452. The van der Waals surface area contributed by atoms with Crippen LogP contribution in [0.15, 0.2) is 6.07 Å². The first-order valence-corrected chi connectivity index (χ1v) is 7.33. The SMILES string of the molecule is CCOC(=O)c1sc(NC(=O)CCC(C)C)cc1C. The maximum Gasteiger partial charge on any atom is 0.348 e. The van der Waals surface area contributed by atoms with Crippen LogP contribution in [0.25, 0.3) is 0 Å². The van der Waals surface area contributed by atoms with Gasteiger partial charge < -0.3 is 10.1 Å². The predicted molar refractivity (Wildman–Crippen MR) is 77.7 cm³/mol. The van der Waals surface area contributed by atoms with Crippen LogP contribution in [-0.4, -0.2) is 18.5 Å². The summed E-state index contributed by atoms with van der Waals surface area (Å²) in [5, 5.41) is 3.53. The fraction of sp³-hybridized carbons (Fsp3) is 0.571. The largest absolute Gasteiger partial charge is 0.462 e. The molecule has 0 saturated carbocycles. The molecule has 0 unspecified atom stereocenters. The van der Waals surface area contributed by atoms with E-state index in [0.717, 1.165) is 12.0 Å². The Morgan fingerprint density at radius 2 is 2.11 bits per heavy atom. The number of amides is 1. The van der Waals surface area contributed by atoms with Gasteiger partial charge in [0.15, 0.2) is 0 Å². The topological polar surface area (TPSA) is 55.4 Å². The van der Waals surface area contributed by atoms with Gasteiger partial charge in [-0.15, -0.1) is 11.3 Å².